The van der Waals surface area contributed by atoms with Crippen molar-refractivity contribution in [1.82, 2.24) is 15.0 Å². The first-order chi connectivity index (χ1) is 5.90. The summed E-state index contributed by atoms with van der Waals surface area (Å²) in [4.78, 5) is 11.7. The summed E-state index contributed by atoms with van der Waals surface area (Å²) < 4.78 is 0. The van der Waals surface area contributed by atoms with Gasteiger partial charge >= 0.3 is 0 Å². The Morgan fingerprint density at radius 3 is 3.25 bits per heavy atom. The molecule has 3 nitrogen and oxygen atoms in total. The van der Waals surface area contributed by atoms with Crippen LogP contribution in [0.15, 0.2) is 18.5 Å². The lowest BCUT2D eigenvalue weighted by Gasteiger charge is -1.95. The molecule has 0 saturated carbocycles. The van der Waals surface area contributed by atoms with E-state index in [0.717, 1.165) is 29.7 Å². The standard InChI is InChI=1S/C9H11N3/c1-2-3-9-11-6-8-7(12-9)4-5-10-8/h4-6,10H,2-3H2,1H3. The molecule has 0 aliphatic rings. The quantitative estimate of drug-likeness (QED) is 0.731. The van der Waals surface area contributed by atoms with E-state index in [1.165, 1.54) is 0 Å². The number of aromatic amines is 1. The van der Waals surface area contributed by atoms with Gasteiger partial charge in [-0.05, 0) is 12.5 Å². The van der Waals surface area contributed by atoms with Crippen LogP contribution in [0.5, 0.6) is 0 Å². The number of nitrogens with zero attached hydrogens (tertiary/aromatic N) is 2. The first kappa shape index (κ1) is 7.28. The Bertz CT molecular complexity index is 378. The van der Waals surface area contributed by atoms with Crippen molar-refractivity contribution in [3.63, 3.8) is 0 Å². The van der Waals surface area contributed by atoms with Gasteiger partial charge in [-0.15, -0.1) is 0 Å². The SMILES string of the molecule is CCCc1ncc2[nH]ccc2n1. The lowest BCUT2D eigenvalue weighted by molar-refractivity contribution is 0.844. The van der Waals surface area contributed by atoms with Crippen LogP contribution in [-0.4, -0.2) is 15.0 Å². The molecule has 2 heterocycles. The van der Waals surface area contributed by atoms with Crippen molar-refractivity contribution in [3.8, 4) is 0 Å². The molecule has 12 heavy (non-hydrogen) atoms. The highest BCUT2D eigenvalue weighted by Crippen LogP contribution is 2.07. The average molecular weight is 161 g/mol. The number of aryl methyl sites for hydroxylation is 1. The van der Waals surface area contributed by atoms with Crippen molar-refractivity contribution in [1.29, 1.82) is 0 Å². The Kier molecular flexibility index (Phi) is 1.78. The largest absolute Gasteiger partial charge is 0.359 e. The van der Waals surface area contributed by atoms with E-state index in [2.05, 4.69) is 21.9 Å². The summed E-state index contributed by atoms with van der Waals surface area (Å²) in [6.07, 6.45) is 5.78. The third-order valence-corrected chi connectivity index (χ3v) is 1.82. The Morgan fingerprint density at radius 2 is 2.42 bits per heavy atom. The third kappa shape index (κ3) is 1.18. The Balaban J connectivity index is 2.46. The highest BCUT2D eigenvalue weighted by atomic mass is 14.9. The van der Waals surface area contributed by atoms with Gasteiger partial charge in [0.15, 0.2) is 0 Å². The van der Waals surface area contributed by atoms with Crippen LogP contribution in [0.4, 0.5) is 0 Å². The molecule has 1 N–H and O–H groups in total. The molecule has 2 aromatic heterocycles. The maximum Gasteiger partial charge on any atom is 0.129 e. The van der Waals surface area contributed by atoms with Crippen LogP contribution in [0.2, 0.25) is 0 Å². The summed E-state index contributed by atoms with van der Waals surface area (Å²) in [5.74, 6) is 0.935. The maximum absolute atomic E-state index is 4.38. The fourth-order valence-corrected chi connectivity index (χ4v) is 1.23. The van der Waals surface area contributed by atoms with Gasteiger partial charge in [-0.1, -0.05) is 6.92 Å². The van der Waals surface area contributed by atoms with Gasteiger partial charge in [0.2, 0.25) is 0 Å². The Morgan fingerprint density at radius 1 is 1.50 bits per heavy atom. The highest BCUT2D eigenvalue weighted by molar-refractivity contribution is 5.73. The minimum Gasteiger partial charge on any atom is -0.359 e. The summed E-state index contributed by atoms with van der Waals surface area (Å²) in [6, 6.07) is 1.97. The summed E-state index contributed by atoms with van der Waals surface area (Å²) in [5.41, 5.74) is 2.02. The second-order valence-corrected chi connectivity index (χ2v) is 2.81. The van der Waals surface area contributed by atoms with Crippen LogP contribution in [0.3, 0.4) is 0 Å². The second kappa shape index (κ2) is 2.93. The first-order valence-electron chi connectivity index (χ1n) is 4.19. The van der Waals surface area contributed by atoms with Crippen LogP contribution in [0.1, 0.15) is 19.2 Å². The molecule has 0 bridgehead atoms. The van der Waals surface area contributed by atoms with Crippen LogP contribution in [0, 0.1) is 0 Å². The number of fused-ring (bicyclic) bond motifs is 1. The molecule has 62 valence electrons. The first-order valence-corrected chi connectivity index (χ1v) is 4.19. The van der Waals surface area contributed by atoms with E-state index >= 15 is 0 Å². The number of hydrogen-bond donors (Lipinski definition) is 1. The van der Waals surface area contributed by atoms with Crippen molar-refractivity contribution in [2.24, 2.45) is 0 Å². The number of hydrogen-bond acceptors (Lipinski definition) is 2. The van der Waals surface area contributed by atoms with Crippen molar-refractivity contribution in [2.45, 2.75) is 19.8 Å². The topological polar surface area (TPSA) is 41.6 Å². The van der Waals surface area contributed by atoms with E-state index in [1.54, 1.807) is 0 Å². The molecule has 0 aliphatic carbocycles. The molecule has 2 rings (SSSR count). The molecule has 0 aromatic carbocycles. The molecule has 2 aromatic rings. The van der Waals surface area contributed by atoms with Gasteiger partial charge in [0.05, 0.1) is 17.2 Å². The van der Waals surface area contributed by atoms with E-state index in [1.807, 2.05) is 18.5 Å². The Hall–Kier alpha value is -1.38. The van der Waals surface area contributed by atoms with E-state index < -0.39 is 0 Å². The van der Waals surface area contributed by atoms with E-state index in [0.29, 0.717) is 0 Å². The lowest BCUT2D eigenvalue weighted by Crippen LogP contribution is -1.92. The molecule has 0 saturated heterocycles. The van der Waals surface area contributed by atoms with Crippen LogP contribution >= 0.6 is 0 Å². The fourth-order valence-electron chi connectivity index (χ4n) is 1.23. The molecule has 0 fully saturated rings. The molecule has 0 atom stereocenters. The van der Waals surface area contributed by atoms with Gasteiger partial charge < -0.3 is 4.98 Å². The smallest absolute Gasteiger partial charge is 0.129 e. The van der Waals surface area contributed by atoms with Crippen molar-refractivity contribution >= 4 is 11.0 Å². The summed E-state index contributed by atoms with van der Waals surface area (Å²) >= 11 is 0. The van der Waals surface area contributed by atoms with Gasteiger partial charge in [-0.3, -0.25) is 0 Å². The summed E-state index contributed by atoms with van der Waals surface area (Å²) in [7, 11) is 0. The molecule has 0 radical (unpaired) electrons. The van der Waals surface area contributed by atoms with E-state index in [9.17, 15) is 0 Å². The number of aromatic nitrogens is 3. The van der Waals surface area contributed by atoms with Gasteiger partial charge in [-0.25, -0.2) is 9.97 Å². The van der Waals surface area contributed by atoms with Gasteiger partial charge in [0.1, 0.15) is 5.82 Å². The molecular weight excluding hydrogens is 150 g/mol. The minimum atomic E-state index is 0.935. The van der Waals surface area contributed by atoms with Crippen LogP contribution in [-0.2, 0) is 6.42 Å². The second-order valence-electron chi connectivity index (χ2n) is 2.81. The summed E-state index contributed by atoms with van der Waals surface area (Å²) in [6.45, 7) is 2.13. The number of rotatable bonds is 2. The predicted octanol–water partition coefficient (Wildman–Crippen LogP) is 1.91. The highest BCUT2D eigenvalue weighted by Gasteiger charge is 1.98. The molecular formula is C9H11N3. The van der Waals surface area contributed by atoms with E-state index in [-0.39, 0.29) is 0 Å². The average Bonchev–Trinajstić information content (AvgIpc) is 2.51. The third-order valence-electron chi connectivity index (χ3n) is 1.82. The zero-order valence-corrected chi connectivity index (χ0v) is 7.04. The monoisotopic (exact) mass is 161 g/mol. The Labute approximate surface area is 70.9 Å². The van der Waals surface area contributed by atoms with Gasteiger partial charge in [-0.2, -0.15) is 0 Å². The zero-order chi connectivity index (χ0) is 8.39. The van der Waals surface area contributed by atoms with E-state index in [4.69, 9.17) is 0 Å². The van der Waals surface area contributed by atoms with Crippen LogP contribution < -0.4 is 0 Å². The zero-order valence-electron chi connectivity index (χ0n) is 7.04. The van der Waals surface area contributed by atoms with Crippen molar-refractivity contribution < 1.29 is 0 Å². The molecule has 0 aliphatic heterocycles. The van der Waals surface area contributed by atoms with Gasteiger partial charge in [0.25, 0.3) is 0 Å². The number of nitrogens with one attached hydrogen (secondary N) is 1. The molecule has 0 unspecified atom stereocenters. The molecule has 0 spiro atoms. The normalized spacial score (nSPS) is 10.8. The molecule has 0 amide bonds. The lowest BCUT2D eigenvalue weighted by atomic mass is 10.3. The predicted molar refractivity (Wildman–Crippen MR) is 47.9 cm³/mol. The minimum absolute atomic E-state index is 0.935. The maximum atomic E-state index is 4.38. The molecule has 3 heteroatoms. The van der Waals surface area contributed by atoms with Crippen molar-refractivity contribution in [2.75, 3.05) is 0 Å². The van der Waals surface area contributed by atoms with Gasteiger partial charge in [0, 0.05) is 12.6 Å². The fraction of sp³-hybridized carbons (Fsp3) is 0.333. The summed E-state index contributed by atoms with van der Waals surface area (Å²) in [5, 5.41) is 0. The van der Waals surface area contributed by atoms with Crippen LogP contribution in [0.25, 0.3) is 11.0 Å². The number of H-pyrrole nitrogens is 1. The van der Waals surface area contributed by atoms with Crippen molar-refractivity contribution in [3.05, 3.63) is 24.3 Å².